The number of ether oxygens (including phenoxy) is 1. The van der Waals surface area contributed by atoms with Gasteiger partial charge >= 0.3 is 0 Å². The summed E-state index contributed by atoms with van der Waals surface area (Å²) in [4.78, 5) is 4.47. The summed E-state index contributed by atoms with van der Waals surface area (Å²) in [6.07, 6.45) is 0.986. The van der Waals surface area contributed by atoms with Gasteiger partial charge in [-0.05, 0) is 20.3 Å². The Hall–Kier alpha value is -0.800. The van der Waals surface area contributed by atoms with Crippen LogP contribution in [0.5, 0.6) is 5.75 Å². The number of hydrogen-bond acceptors (Lipinski definition) is 3. The van der Waals surface area contributed by atoms with Gasteiger partial charge in [0.25, 0.3) is 0 Å². The highest BCUT2D eigenvalue weighted by Crippen LogP contribution is 2.16. The number of alkyl halides is 1. The molecule has 17 heavy (non-hydrogen) atoms. The van der Waals surface area contributed by atoms with Gasteiger partial charge in [-0.3, -0.25) is 4.98 Å². The third-order valence-electron chi connectivity index (χ3n) is 2.99. The molecule has 1 rings (SSSR count). The molecule has 1 aromatic rings. The molecule has 0 aliphatic heterocycles. The summed E-state index contributed by atoms with van der Waals surface area (Å²) in [6, 6.07) is 3.87. The minimum Gasteiger partial charge on any atom is -0.497 e. The Labute approximate surface area is 109 Å². The molecule has 1 atom stereocenters. The number of aryl methyl sites for hydroxylation is 1. The second-order valence-corrected chi connectivity index (χ2v) is 4.81. The highest BCUT2D eigenvalue weighted by atomic mass is 35.5. The molecule has 0 fully saturated rings. The van der Waals surface area contributed by atoms with Gasteiger partial charge in [0, 0.05) is 35.8 Å². The van der Waals surface area contributed by atoms with Gasteiger partial charge in [0.15, 0.2) is 0 Å². The lowest BCUT2D eigenvalue weighted by molar-refractivity contribution is 0.375. The fourth-order valence-electron chi connectivity index (χ4n) is 1.48. The van der Waals surface area contributed by atoms with E-state index in [4.69, 9.17) is 16.3 Å². The molecule has 0 aliphatic rings. The smallest absolute Gasteiger partial charge is 0.122 e. The third-order valence-corrected chi connectivity index (χ3v) is 3.58. The van der Waals surface area contributed by atoms with Crippen molar-refractivity contribution in [2.75, 3.05) is 13.0 Å². The SMILES string of the molecule is CCC(C)(CCl)NCc1cc(OC)cc(C)n1. The van der Waals surface area contributed by atoms with Crippen molar-refractivity contribution in [3.63, 3.8) is 0 Å². The van der Waals surface area contributed by atoms with Crippen molar-refractivity contribution in [3.8, 4) is 5.75 Å². The van der Waals surface area contributed by atoms with Gasteiger partial charge in [-0.15, -0.1) is 11.6 Å². The largest absolute Gasteiger partial charge is 0.497 e. The van der Waals surface area contributed by atoms with Crippen LogP contribution < -0.4 is 10.1 Å². The Morgan fingerprint density at radius 2 is 2.18 bits per heavy atom. The molecule has 1 N–H and O–H groups in total. The highest BCUT2D eigenvalue weighted by Gasteiger charge is 2.19. The molecule has 0 aromatic carbocycles. The van der Waals surface area contributed by atoms with E-state index in [1.807, 2.05) is 19.1 Å². The zero-order chi connectivity index (χ0) is 12.9. The summed E-state index contributed by atoms with van der Waals surface area (Å²) < 4.78 is 5.23. The Morgan fingerprint density at radius 3 is 2.71 bits per heavy atom. The van der Waals surface area contributed by atoms with Crippen LogP contribution in [0, 0.1) is 6.92 Å². The summed E-state index contributed by atoms with van der Waals surface area (Å²) in [5.74, 6) is 1.44. The Kier molecular flexibility index (Phi) is 5.22. The van der Waals surface area contributed by atoms with Crippen LogP contribution in [0.2, 0.25) is 0 Å². The van der Waals surface area contributed by atoms with Crippen molar-refractivity contribution in [1.82, 2.24) is 10.3 Å². The van der Waals surface area contributed by atoms with E-state index in [1.54, 1.807) is 7.11 Å². The lowest BCUT2D eigenvalue weighted by atomic mass is 10.0. The summed E-state index contributed by atoms with van der Waals surface area (Å²) in [7, 11) is 1.67. The minimum absolute atomic E-state index is 0.0415. The second kappa shape index (κ2) is 6.22. The molecule has 4 heteroatoms. The van der Waals surface area contributed by atoms with Gasteiger partial charge in [0.2, 0.25) is 0 Å². The van der Waals surface area contributed by atoms with Crippen LogP contribution in [0.15, 0.2) is 12.1 Å². The molecular weight excluding hydrogens is 236 g/mol. The van der Waals surface area contributed by atoms with Gasteiger partial charge in [0.05, 0.1) is 12.8 Å². The maximum atomic E-state index is 5.96. The van der Waals surface area contributed by atoms with E-state index >= 15 is 0 Å². The number of nitrogens with zero attached hydrogens (tertiary/aromatic N) is 1. The molecule has 1 aromatic heterocycles. The average Bonchev–Trinajstić information content (AvgIpc) is 2.35. The van der Waals surface area contributed by atoms with E-state index < -0.39 is 0 Å². The number of nitrogens with one attached hydrogen (secondary N) is 1. The van der Waals surface area contributed by atoms with Crippen LogP contribution in [0.4, 0.5) is 0 Å². The number of methoxy groups -OCH3 is 1. The van der Waals surface area contributed by atoms with Gasteiger partial charge in [0.1, 0.15) is 5.75 Å². The molecule has 0 saturated heterocycles. The van der Waals surface area contributed by atoms with Gasteiger partial charge in [-0.1, -0.05) is 6.92 Å². The van der Waals surface area contributed by atoms with Crippen molar-refractivity contribution >= 4 is 11.6 Å². The predicted molar refractivity (Wildman–Crippen MR) is 71.8 cm³/mol. The number of pyridine rings is 1. The van der Waals surface area contributed by atoms with E-state index in [1.165, 1.54) is 0 Å². The van der Waals surface area contributed by atoms with Crippen LogP contribution in [0.25, 0.3) is 0 Å². The Bertz CT molecular complexity index is 364. The molecule has 3 nitrogen and oxygen atoms in total. The van der Waals surface area contributed by atoms with Crippen molar-refractivity contribution in [2.24, 2.45) is 0 Å². The molecule has 0 radical (unpaired) electrons. The maximum Gasteiger partial charge on any atom is 0.122 e. The van der Waals surface area contributed by atoms with Crippen LogP contribution >= 0.6 is 11.6 Å². The standard InChI is InChI=1S/C13H21ClN2O/c1-5-13(3,9-14)15-8-11-7-12(17-4)6-10(2)16-11/h6-7,15H,5,8-9H2,1-4H3. The molecular formula is C13H21ClN2O. The quantitative estimate of drug-likeness (QED) is 0.795. The topological polar surface area (TPSA) is 34.1 Å². The summed E-state index contributed by atoms with van der Waals surface area (Å²) in [6.45, 7) is 6.91. The number of rotatable bonds is 6. The normalized spacial score (nSPS) is 14.4. The second-order valence-electron chi connectivity index (χ2n) is 4.54. The summed E-state index contributed by atoms with van der Waals surface area (Å²) in [5.41, 5.74) is 1.90. The van der Waals surface area contributed by atoms with Crippen molar-refractivity contribution in [1.29, 1.82) is 0 Å². The number of hydrogen-bond donors (Lipinski definition) is 1. The summed E-state index contributed by atoms with van der Waals surface area (Å²) >= 11 is 5.96. The van der Waals surface area contributed by atoms with Crippen LogP contribution in [-0.4, -0.2) is 23.5 Å². The zero-order valence-electron chi connectivity index (χ0n) is 11.0. The fraction of sp³-hybridized carbons (Fsp3) is 0.615. The third kappa shape index (κ3) is 4.17. The first-order valence-electron chi connectivity index (χ1n) is 5.85. The van der Waals surface area contributed by atoms with Crippen LogP contribution in [0.1, 0.15) is 31.7 Å². The zero-order valence-corrected chi connectivity index (χ0v) is 11.8. The predicted octanol–water partition coefficient (Wildman–Crippen LogP) is 2.90. The lowest BCUT2D eigenvalue weighted by Gasteiger charge is -2.27. The van der Waals surface area contributed by atoms with Gasteiger partial charge < -0.3 is 10.1 Å². The minimum atomic E-state index is -0.0415. The number of aromatic nitrogens is 1. The monoisotopic (exact) mass is 256 g/mol. The number of halogens is 1. The summed E-state index contributed by atoms with van der Waals surface area (Å²) in [5, 5.41) is 3.44. The van der Waals surface area contributed by atoms with Crippen molar-refractivity contribution in [3.05, 3.63) is 23.5 Å². The molecule has 0 saturated carbocycles. The molecule has 1 unspecified atom stereocenters. The lowest BCUT2D eigenvalue weighted by Crippen LogP contribution is -2.43. The first kappa shape index (κ1) is 14.3. The Balaban J connectivity index is 2.72. The van der Waals surface area contributed by atoms with Crippen LogP contribution in [0.3, 0.4) is 0 Å². The van der Waals surface area contributed by atoms with Crippen molar-refractivity contribution in [2.45, 2.75) is 39.3 Å². The molecule has 0 spiro atoms. The molecule has 96 valence electrons. The van der Waals surface area contributed by atoms with E-state index in [-0.39, 0.29) is 5.54 Å². The highest BCUT2D eigenvalue weighted by molar-refractivity contribution is 6.18. The van der Waals surface area contributed by atoms with E-state index in [9.17, 15) is 0 Å². The van der Waals surface area contributed by atoms with E-state index in [2.05, 4.69) is 24.1 Å². The average molecular weight is 257 g/mol. The molecule has 0 bridgehead atoms. The van der Waals surface area contributed by atoms with E-state index in [0.717, 1.165) is 23.6 Å². The van der Waals surface area contributed by atoms with Gasteiger partial charge in [-0.25, -0.2) is 0 Å². The first-order valence-corrected chi connectivity index (χ1v) is 6.39. The van der Waals surface area contributed by atoms with E-state index in [0.29, 0.717) is 12.4 Å². The molecule has 0 amide bonds. The van der Waals surface area contributed by atoms with Gasteiger partial charge in [-0.2, -0.15) is 0 Å². The first-order chi connectivity index (χ1) is 8.03. The van der Waals surface area contributed by atoms with Crippen LogP contribution in [-0.2, 0) is 6.54 Å². The Morgan fingerprint density at radius 1 is 1.47 bits per heavy atom. The fourth-order valence-corrected chi connectivity index (χ4v) is 1.77. The molecule has 0 aliphatic carbocycles. The molecule has 1 heterocycles. The maximum absolute atomic E-state index is 5.96. The van der Waals surface area contributed by atoms with Crippen molar-refractivity contribution < 1.29 is 4.74 Å².